The van der Waals surface area contributed by atoms with E-state index in [1.807, 2.05) is 4.90 Å². The fourth-order valence-electron chi connectivity index (χ4n) is 4.42. The van der Waals surface area contributed by atoms with E-state index in [2.05, 4.69) is 4.98 Å². The summed E-state index contributed by atoms with van der Waals surface area (Å²) in [6.45, 7) is 2.68. The summed E-state index contributed by atoms with van der Waals surface area (Å²) in [5, 5.41) is 0. The molecule has 1 aromatic rings. The summed E-state index contributed by atoms with van der Waals surface area (Å²) >= 11 is 0. The van der Waals surface area contributed by atoms with Gasteiger partial charge in [-0.15, -0.1) is 0 Å². The SMILES string of the molecule is Cn1c(=O)[nH]cc(CC(=O)N2CCC3(CCCN(CC4CC4)C3=O)C2)c1=O. The molecule has 27 heavy (non-hydrogen) atoms. The minimum Gasteiger partial charge on any atom is -0.342 e. The molecule has 146 valence electrons. The molecule has 1 saturated carbocycles. The number of likely N-dealkylation sites (tertiary alicyclic amines) is 2. The number of hydrogen-bond donors (Lipinski definition) is 1. The Kier molecular flexibility index (Phi) is 4.44. The summed E-state index contributed by atoms with van der Waals surface area (Å²) in [4.78, 5) is 55.6. The number of carbonyl (C=O) groups excluding carboxylic acids is 2. The second-order valence-corrected chi connectivity index (χ2v) is 8.30. The Hall–Kier alpha value is -2.38. The number of rotatable bonds is 4. The molecule has 8 nitrogen and oxygen atoms in total. The molecule has 0 bridgehead atoms. The maximum Gasteiger partial charge on any atom is 0.328 e. The van der Waals surface area contributed by atoms with E-state index in [1.165, 1.54) is 26.1 Å². The number of amides is 2. The van der Waals surface area contributed by atoms with Crippen molar-refractivity contribution >= 4 is 11.8 Å². The van der Waals surface area contributed by atoms with Gasteiger partial charge in [-0.2, -0.15) is 0 Å². The molecule has 1 aliphatic carbocycles. The lowest BCUT2D eigenvalue weighted by Gasteiger charge is -2.39. The molecule has 2 amide bonds. The third-order valence-corrected chi connectivity index (χ3v) is 6.30. The fourth-order valence-corrected chi connectivity index (χ4v) is 4.42. The first-order chi connectivity index (χ1) is 12.9. The molecule has 4 rings (SSSR count). The monoisotopic (exact) mass is 374 g/mol. The highest BCUT2D eigenvalue weighted by atomic mass is 16.2. The molecule has 2 saturated heterocycles. The van der Waals surface area contributed by atoms with Crippen molar-refractivity contribution in [1.29, 1.82) is 0 Å². The summed E-state index contributed by atoms with van der Waals surface area (Å²) in [5.41, 5.74) is -1.13. The van der Waals surface area contributed by atoms with Crippen LogP contribution in [0.5, 0.6) is 0 Å². The van der Waals surface area contributed by atoms with Crippen LogP contribution in [0.3, 0.4) is 0 Å². The number of nitrogens with one attached hydrogen (secondary N) is 1. The maximum atomic E-state index is 13.1. The van der Waals surface area contributed by atoms with Crippen molar-refractivity contribution in [2.24, 2.45) is 18.4 Å². The van der Waals surface area contributed by atoms with Crippen LogP contribution < -0.4 is 11.2 Å². The highest BCUT2D eigenvalue weighted by Gasteiger charge is 2.49. The van der Waals surface area contributed by atoms with E-state index in [4.69, 9.17) is 0 Å². The van der Waals surface area contributed by atoms with Crippen LogP contribution in [0.25, 0.3) is 0 Å². The summed E-state index contributed by atoms with van der Waals surface area (Å²) in [7, 11) is 1.38. The molecular weight excluding hydrogens is 348 g/mol. The number of aromatic amines is 1. The zero-order valence-electron chi connectivity index (χ0n) is 15.7. The largest absolute Gasteiger partial charge is 0.342 e. The average Bonchev–Trinajstić information content (AvgIpc) is 3.37. The van der Waals surface area contributed by atoms with Crippen molar-refractivity contribution < 1.29 is 9.59 Å². The van der Waals surface area contributed by atoms with Crippen molar-refractivity contribution in [3.05, 3.63) is 32.6 Å². The third kappa shape index (κ3) is 3.33. The van der Waals surface area contributed by atoms with Gasteiger partial charge in [0.05, 0.1) is 11.8 Å². The molecule has 3 fully saturated rings. The Bertz CT molecular complexity index is 884. The van der Waals surface area contributed by atoms with Crippen LogP contribution in [0.1, 0.15) is 37.7 Å². The van der Waals surface area contributed by atoms with Gasteiger partial charge in [-0.3, -0.25) is 19.0 Å². The molecule has 1 spiro atoms. The average molecular weight is 374 g/mol. The van der Waals surface area contributed by atoms with E-state index >= 15 is 0 Å². The molecule has 1 unspecified atom stereocenters. The lowest BCUT2D eigenvalue weighted by Crippen LogP contribution is -2.51. The highest BCUT2D eigenvalue weighted by molar-refractivity contribution is 5.86. The van der Waals surface area contributed by atoms with E-state index in [9.17, 15) is 19.2 Å². The van der Waals surface area contributed by atoms with Gasteiger partial charge in [0.15, 0.2) is 0 Å². The second kappa shape index (κ2) is 6.65. The normalized spacial score (nSPS) is 25.4. The van der Waals surface area contributed by atoms with Gasteiger partial charge < -0.3 is 14.8 Å². The van der Waals surface area contributed by atoms with Crippen LogP contribution in [0.4, 0.5) is 0 Å². The lowest BCUT2D eigenvalue weighted by atomic mass is 9.78. The summed E-state index contributed by atoms with van der Waals surface area (Å²) in [6.07, 6.45) is 6.21. The first kappa shape index (κ1) is 18.0. The molecule has 3 aliphatic rings. The van der Waals surface area contributed by atoms with Crippen LogP contribution in [-0.4, -0.2) is 57.3 Å². The van der Waals surface area contributed by atoms with E-state index in [-0.39, 0.29) is 23.8 Å². The van der Waals surface area contributed by atoms with E-state index in [0.717, 1.165) is 30.5 Å². The molecule has 2 aliphatic heterocycles. The molecule has 0 aromatic carbocycles. The number of hydrogen-bond acceptors (Lipinski definition) is 4. The molecule has 3 heterocycles. The number of carbonyl (C=O) groups is 2. The van der Waals surface area contributed by atoms with Gasteiger partial charge in [-0.05, 0) is 38.0 Å². The fraction of sp³-hybridized carbons (Fsp3) is 0.684. The Labute approximate surface area is 157 Å². The van der Waals surface area contributed by atoms with E-state index in [1.54, 1.807) is 4.90 Å². The topological polar surface area (TPSA) is 95.5 Å². The first-order valence-electron chi connectivity index (χ1n) is 9.74. The Balaban J connectivity index is 1.45. The van der Waals surface area contributed by atoms with Crippen molar-refractivity contribution in [3.63, 3.8) is 0 Å². The minimum atomic E-state index is -0.500. The van der Waals surface area contributed by atoms with Gasteiger partial charge in [0.2, 0.25) is 11.8 Å². The van der Waals surface area contributed by atoms with Crippen molar-refractivity contribution in [3.8, 4) is 0 Å². The summed E-state index contributed by atoms with van der Waals surface area (Å²) in [5.74, 6) is 0.707. The van der Waals surface area contributed by atoms with Gasteiger partial charge in [0.25, 0.3) is 5.56 Å². The Morgan fingerprint density at radius 3 is 2.74 bits per heavy atom. The standard InChI is InChI=1S/C19H26N4O4/c1-21-16(25)14(10-20-18(21)27)9-15(24)23-8-6-19(12-23)5-2-7-22(17(19)26)11-13-3-4-13/h10,13H,2-9,11-12H2,1H3,(H,20,27). The van der Waals surface area contributed by atoms with Crippen molar-refractivity contribution in [2.45, 2.75) is 38.5 Å². The molecule has 1 aromatic heterocycles. The van der Waals surface area contributed by atoms with Gasteiger partial charge in [-0.1, -0.05) is 0 Å². The number of nitrogens with zero attached hydrogens (tertiary/aromatic N) is 3. The predicted molar refractivity (Wildman–Crippen MR) is 98.2 cm³/mol. The molecular formula is C19H26N4O4. The molecule has 0 radical (unpaired) electrons. The molecule has 1 N–H and O–H groups in total. The van der Waals surface area contributed by atoms with Crippen LogP contribution in [0.15, 0.2) is 15.8 Å². The maximum absolute atomic E-state index is 13.1. The van der Waals surface area contributed by atoms with Gasteiger partial charge in [-0.25, -0.2) is 4.79 Å². The highest BCUT2D eigenvalue weighted by Crippen LogP contribution is 2.41. The van der Waals surface area contributed by atoms with Gasteiger partial charge in [0, 0.05) is 45.0 Å². The number of piperidine rings is 1. The Morgan fingerprint density at radius 2 is 2.00 bits per heavy atom. The third-order valence-electron chi connectivity index (χ3n) is 6.30. The summed E-state index contributed by atoms with van der Waals surface area (Å²) < 4.78 is 0.967. The minimum absolute atomic E-state index is 0.0560. The molecule has 8 heteroatoms. The van der Waals surface area contributed by atoms with Crippen LogP contribution in [0.2, 0.25) is 0 Å². The zero-order valence-corrected chi connectivity index (χ0v) is 15.7. The van der Waals surface area contributed by atoms with Crippen LogP contribution >= 0.6 is 0 Å². The zero-order chi connectivity index (χ0) is 19.2. The van der Waals surface area contributed by atoms with Gasteiger partial charge in [0.1, 0.15) is 0 Å². The number of H-pyrrole nitrogens is 1. The molecule has 1 atom stereocenters. The lowest BCUT2D eigenvalue weighted by molar-refractivity contribution is -0.146. The van der Waals surface area contributed by atoms with Crippen molar-refractivity contribution in [2.75, 3.05) is 26.2 Å². The van der Waals surface area contributed by atoms with E-state index in [0.29, 0.717) is 25.4 Å². The Morgan fingerprint density at radius 1 is 1.22 bits per heavy atom. The summed E-state index contributed by atoms with van der Waals surface area (Å²) in [6, 6.07) is 0. The van der Waals surface area contributed by atoms with Crippen LogP contribution in [0, 0.1) is 11.3 Å². The van der Waals surface area contributed by atoms with Gasteiger partial charge >= 0.3 is 5.69 Å². The van der Waals surface area contributed by atoms with E-state index < -0.39 is 16.7 Å². The number of aromatic nitrogens is 2. The predicted octanol–water partition coefficient (Wildman–Crippen LogP) is -0.133. The smallest absolute Gasteiger partial charge is 0.328 e. The second-order valence-electron chi connectivity index (χ2n) is 8.30. The van der Waals surface area contributed by atoms with Crippen LogP contribution in [-0.2, 0) is 23.1 Å². The first-order valence-corrected chi connectivity index (χ1v) is 9.74. The van der Waals surface area contributed by atoms with Crippen molar-refractivity contribution in [1.82, 2.24) is 19.4 Å². The quantitative estimate of drug-likeness (QED) is 0.794.